The van der Waals surface area contributed by atoms with Crippen LogP contribution in [0.3, 0.4) is 0 Å². The smallest absolute Gasteiger partial charge is 0.241 e. The molecule has 1 amide bonds. The zero-order valence-corrected chi connectivity index (χ0v) is 16.1. The van der Waals surface area contributed by atoms with E-state index in [1.54, 1.807) is 20.2 Å². The molecular formula is C18H29FN6O2. The molecule has 0 atom stereocenters. The Labute approximate surface area is 159 Å². The number of halogens is 1. The second kappa shape index (κ2) is 11.5. The summed E-state index contributed by atoms with van der Waals surface area (Å²) >= 11 is 0. The molecule has 0 aromatic carbocycles. The third-order valence-electron chi connectivity index (χ3n) is 4.17. The third kappa shape index (κ3) is 7.88. The molecule has 9 heteroatoms. The van der Waals surface area contributed by atoms with Gasteiger partial charge < -0.3 is 20.3 Å². The van der Waals surface area contributed by atoms with Crippen molar-refractivity contribution in [3.63, 3.8) is 0 Å². The van der Waals surface area contributed by atoms with Crippen molar-refractivity contribution in [2.45, 2.75) is 13.0 Å². The van der Waals surface area contributed by atoms with Gasteiger partial charge in [-0.15, -0.1) is 0 Å². The molecule has 2 heterocycles. The lowest BCUT2D eigenvalue weighted by Gasteiger charge is -2.26. The zero-order valence-electron chi connectivity index (χ0n) is 16.1. The number of nitrogens with zero attached hydrogens (tertiary/aromatic N) is 4. The number of likely N-dealkylation sites (N-methyl/N-ethyl adjacent to an activating group) is 1. The second-order valence-electron chi connectivity index (χ2n) is 6.47. The first kappa shape index (κ1) is 21.0. The van der Waals surface area contributed by atoms with Crippen molar-refractivity contribution in [1.82, 2.24) is 25.4 Å². The van der Waals surface area contributed by atoms with Gasteiger partial charge in [0.1, 0.15) is 5.82 Å². The topological polar surface area (TPSA) is 82.1 Å². The maximum absolute atomic E-state index is 13.7. The fourth-order valence-corrected chi connectivity index (χ4v) is 2.51. The first-order chi connectivity index (χ1) is 13.1. The van der Waals surface area contributed by atoms with Crippen LogP contribution in [0.15, 0.2) is 23.3 Å². The largest absolute Gasteiger partial charge is 0.379 e. The molecule has 0 saturated carbocycles. The Morgan fingerprint density at radius 2 is 2.15 bits per heavy atom. The Bertz CT molecular complexity index is 620. The van der Waals surface area contributed by atoms with E-state index in [4.69, 9.17) is 4.74 Å². The first-order valence-electron chi connectivity index (χ1n) is 9.18. The highest BCUT2D eigenvalue weighted by Gasteiger charge is 2.10. The van der Waals surface area contributed by atoms with E-state index in [-0.39, 0.29) is 24.7 Å². The van der Waals surface area contributed by atoms with E-state index in [0.717, 1.165) is 39.3 Å². The minimum absolute atomic E-state index is 0.0677. The number of carbonyl (C=O) groups is 1. The van der Waals surface area contributed by atoms with Crippen LogP contribution in [0.4, 0.5) is 4.39 Å². The number of carbonyl (C=O) groups excluding carboxylic acids is 1. The van der Waals surface area contributed by atoms with Gasteiger partial charge in [0, 0.05) is 39.9 Å². The number of aliphatic imine (C=N–C) groups is 1. The van der Waals surface area contributed by atoms with Gasteiger partial charge in [0.15, 0.2) is 5.96 Å². The van der Waals surface area contributed by atoms with Gasteiger partial charge in [-0.1, -0.05) is 0 Å². The standard InChI is InChI=1S/C18H29FN6O2/c1-24(2)17(26)14-23-18(22-13-16-15(19)5-3-6-20-16)21-7-4-8-25-9-11-27-12-10-25/h3,5-6H,4,7-14H2,1-2H3,(H2,21,22,23). The van der Waals surface area contributed by atoms with Crippen molar-refractivity contribution in [3.05, 3.63) is 29.8 Å². The number of aromatic nitrogens is 1. The normalized spacial score (nSPS) is 15.4. The van der Waals surface area contributed by atoms with Gasteiger partial charge in [0.25, 0.3) is 0 Å². The molecule has 2 rings (SSSR count). The average Bonchev–Trinajstić information content (AvgIpc) is 2.68. The molecule has 1 aromatic rings. The number of rotatable bonds is 8. The lowest BCUT2D eigenvalue weighted by Crippen LogP contribution is -2.44. The van der Waals surface area contributed by atoms with Gasteiger partial charge in [0.05, 0.1) is 32.0 Å². The molecule has 8 nitrogen and oxygen atoms in total. The lowest BCUT2D eigenvalue weighted by molar-refractivity contribution is -0.127. The number of pyridine rings is 1. The summed E-state index contributed by atoms with van der Waals surface area (Å²) < 4.78 is 19.1. The van der Waals surface area contributed by atoms with Gasteiger partial charge >= 0.3 is 0 Å². The maximum Gasteiger partial charge on any atom is 0.241 e. The summed E-state index contributed by atoms with van der Waals surface area (Å²) in [6.45, 7) is 5.35. The average molecular weight is 380 g/mol. The van der Waals surface area contributed by atoms with Crippen LogP contribution in [0.25, 0.3) is 0 Å². The van der Waals surface area contributed by atoms with E-state index in [0.29, 0.717) is 12.5 Å². The maximum atomic E-state index is 13.7. The number of hydrogen-bond acceptors (Lipinski definition) is 5. The lowest BCUT2D eigenvalue weighted by atomic mass is 10.3. The molecule has 1 aromatic heterocycles. The summed E-state index contributed by atoms with van der Waals surface area (Å²) in [5.41, 5.74) is 0.269. The summed E-state index contributed by atoms with van der Waals surface area (Å²) in [5, 5.41) is 6.20. The second-order valence-corrected chi connectivity index (χ2v) is 6.47. The van der Waals surface area contributed by atoms with Crippen molar-refractivity contribution in [3.8, 4) is 0 Å². The molecule has 1 aliphatic rings. The molecule has 0 unspecified atom stereocenters. The molecule has 0 spiro atoms. The summed E-state index contributed by atoms with van der Waals surface area (Å²) in [7, 11) is 3.39. The summed E-state index contributed by atoms with van der Waals surface area (Å²) in [6, 6.07) is 2.90. The van der Waals surface area contributed by atoms with E-state index >= 15 is 0 Å². The summed E-state index contributed by atoms with van der Waals surface area (Å²) in [4.78, 5) is 24.0. The molecule has 1 aliphatic heterocycles. The van der Waals surface area contributed by atoms with Crippen LogP contribution >= 0.6 is 0 Å². The van der Waals surface area contributed by atoms with E-state index in [2.05, 4.69) is 25.5 Å². The number of guanidine groups is 1. The fourth-order valence-electron chi connectivity index (χ4n) is 2.51. The predicted molar refractivity (Wildman–Crippen MR) is 102 cm³/mol. The quantitative estimate of drug-likeness (QED) is 0.377. The molecule has 27 heavy (non-hydrogen) atoms. The van der Waals surface area contributed by atoms with Crippen LogP contribution in [0.2, 0.25) is 0 Å². The zero-order chi connectivity index (χ0) is 19.5. The van der Waals surface area contributed by atoms with Crippen molar-refractivity contribution in [2.24, 2.45) is 4.99 Å². The molecular weight excluding hydrogens is 351 g/mol. The fraction of sp³-hybridized carbons (Fsp3) is 0.611. The number of hydrogen-bond donors (Lipinski definition) is 2. The summed E-state index contributed by atoms with van der Waals surface area (Å²) in [5.74, 6) is 0.0105. The van der Waals surface area contributed by atoms with E-state index < -0.39 is 5.82 Å². The molecule has 1 saturated heterocycles. The van der Waals surface area contributed by atoms with Crippen LogP contribution in [-0.2, 0) is 16.1 Å². The SMILES string of the molecule is CN(C)C(=O)CNC(=NCc1ncccc1F)NCCCN1CCOCC1. The van der Waals surface area contributed by atoms with Gasteiger partial charge in [-0.2, -0.15) is 0 Å². The highest BCUT2D eigenvalue weighted by molar-refractivity contribution is 5.86. The number of ether oxygens (including phenoxy) is 1. The molecule has 0 bridgehead atoms. The third-order valence-corrected chi connectivity index (χ3v) is 4.17. The van der Waals surface area contributed by atoms with E-state index in [1.165, 1.54) is 17.2 Å². The molecule has 0 aliphatic carbocycles. The minimum atomic E-state index is -0.391. The molecule has 1 fully saturated rings. The Morgan fingerprint density at radius 3 is 2.85 bits per heavy atom. The predicted octanol–water partition coefficient (Wildman–Crippen LogP) is 0.0664. The highest BCUT2D eigenvalue weighted by Crippen LogP contribution is 2.03. The highest BCUT2D eigenvalue weighted by atomic mass is 19.1. The van der Waals surface area contributed by atoms with Gasteiger partial charge in [-0.05, 0) is 25.1 Å². The van der Waals surface area contributed by atoms with Crippen LogP contribution in [-0.4, -0.2) is 86.7 Å². The Morgan fingerprint density at radius 1 is 1.37 bits per heavy atom. The molecule has 0 radical (unpaired) electrons. The Kier molecular flexibility index (Phi) is 8.93. The minimum Gasteiger partial charge on any atom is -0.379 e. The Hall–Kier alpha value is -2.26. The van der Waals surface area contributed by atoms with E-state index in [9.17, 15) is 9.18 Å². The van der Waals surface area contributed by atoms with Gasteiger partial charge in [-0.3, -0.25) is 14.7 Å². The van der Waals surface area contributed by atoms with Crippen molar-refractivity contribution in [2.75, 3.05) is 60.0 Å². The number of amides is 1. The van der Waals surface area contributed by atoms with Crippen LogP contribution in [0.5, 0.6) is 0 Å². The van der Waals surface area contributed by atoms with Crippen LogP contribution in [0, 0.1) is 5.82 Å². The van der Waals surface area contributed by atoms with Gasteiger partial charge in [-0.25, -0.2) is 9.38 Å². The Balaban J connectivity index is 1.85. The molecule has 2 N–H and O–H groups in total. The van der Waals surface area contributed by atoms with Crippen molar-refractivity contribution >= 4 is 11.9 Å². The van der Waals surface area contributed by atoms with E-state index in [1.807, 2.05) is 0 Å². The number of nitrogens with one attached hydrogen (secondary N) is 2. The molecule has 150 valence electrons. The summed E-state index contributed by atoms with van der Waals surface area (Å²) in [6.07, 6.45) is 2.46. The number of morpholine rings is 1. The van der Waals surface area contributed by atoms with Crippen molar-refractivity contribution in [1.29, 1.82) is 0 Å². The van der Waals surface area contributed by atoms with Gasteiger partial charge in [0.2, 0.25) is 5.91 Å². The van der Waals surface area contributed by atoms with Crippen molar-refractivity contribution < 1.29 is 13.9 Å². The monoisotopic (exact) mass is 380 g/mol. The van der Waals surface area contributed by atoms with Crippen LogP contribution < -0.4 is 10.6 Å². The van der Waals surface area contributed by atoms with Crippen LogP contribution in [0.1, 0.15) is 12.1 Å². The first-order valence-corrected chi connectivity index (χ1v) is 9.18.